The Morgan fingerprint density at radius 3 is 1.33 bits per heavy atom. The van der Waals surface area contributed by atoms with E-state index in [1.54, 1.807) is 0 Å². The van der Waals surface area contributed by atoms with Crippen LogP contribution in [0, 0.1) is 59.2 Å². The Balaban J connectivity index is 1.19. The minimum absolute atomic E-state index is 0.294. The fourth-order valence-corrected chi connectivity index (χ4v) is 7.09. The van der Waals surface area contributed by atoms with Crippen LogP contribution in [0.25, 0.3) is 0 Å². The molecule has 2 fully saturated rings. The molecule has 5 rings (SSSR count). The summed E-state index contributed by atoms with van der Waals surface area (Å²) >= 11 is 0. The van der Waals surface area contributed by atoms with Crippen molar-refractivity contribution in [2.45, 2.75) is 105 Å². The predicted octanol–water partition coefficient (Wildman–Crippen LogP) is 8.63. The Bertz CT molecular complexity index is 1450. The second kappa shape index (κ2) is 16.4. The lowest BCUT2D eigenvalue weighted by molar-refractivity contribution is -0.0484. The van der Waals surface area contributed by atoms with Gasteiger partial charge in [0.1, 0.15) is 22.8 Å². The second-order valence-corrected chi connectivity index (χ2v) is 14.3. The monoisotopic (exact) mass is 617 g/mol. The first-order valence-electron chi connectivity index (χ1n) is 17.4. The van der Waals surface area contributed by atoms with Crippen LogP contribution in [0.2, 0.25) is 0 Å². The minimum atomic E-state index is 0.294. The highest BCUT2D eigenvalue weighted by atomic mass is 16.5. The van der Waals surface area contributed by atoms with Crippen LogP contribution >= 0.6 is 0 Å². The van der Waals surface area contributed by atoms with Crippen LogP contribution in [0.4, 0.5) is 0 Å². The van der Waals surface area contributed by atoms with Gasteiger partial charge in [-0.25, -0.2) is 15.0 Å². The number of hydrogen-bond donors (Lipinski definition) is 0. The largest absolute Gasteiger partial charge is 0.372 e. The second-order valence-electron chi connectivity index (χ2n) is 14.3. The fourth-order valence-electron chi connectivity index (χ4n) is 7.09. The van der Waals surface area contributed by atoms with Crippen LogP contribution in [0.1, 0.15) is 114 Å². The van der Waals surface area contributed by atoms with Gasteiger partial charge < -0.3 is 9.47 Å². The van der Waals surface area contributed by atoms with Crippen molar-refractivity contribution < 1.29 is 9.47 Å². The van der Waals surface area contributed by atoms with Gasteiger partial charge in [0.15, 0.2) is 0 Å². The lowest BCUT2D eigenvalue weighted by atomic mass is 9.75. The number of ether oxygens (including phenoxy) is 2. The molecule has 5 heteroatoms. The quantitative estimate of drug-likeness (QED) is 0.237. The zero-order valence-electron chi connectivity index (χ0n) is 28.6. The summed E-state index contributed by atoms with van der Waals surface area (Å²) in [6.07, 6.45) is 7.93. The molecule has 0 N–H and O–H groups in total. The van der Waals surface area contributed by atoms with Gasteiger partial charge in [-0.15, -0.1) is 0 Å². The van der Waals surface area contributed by atoms with Gasteiger partial charge in [0, 0.05) is 0 Å². The number of rotatable bonds is 8. The summed E-state index contributed by atoms with van der Waals surface area (Å²) < 4.78 is 12.8. The van der Waals surface area contributed by atoms with Crippen LogP contribution in [0.15, 0.2) is 54.6 Å². The molecule has 2 saturated carbocycles. The molecule has 0 aliphatic heterocycles. The van der Waals surface area contributed by atoms with Crippen molar-refractivity contribution in [1.82, 2.24) is 15.0 Å². The number of hydrogen-bond acceptors (Lipinski definition) is 5. The zero-order valence-corrected chi connectivity index (χ0v) is 28.6. The normalized spacial score (nSPS) is 24.6. The molecular weight excluding hydrogens is 566 g/mol. The van der Waals surface area contributed by atoms with Crippen LogP contribution < -0.4 is 0 Å². The van der Waals surface area contributed by atoms with Gasteiger partial charge in [0.25, 0.3) is 0 Å². The highest BCUT2D eigenvalue weighted by Gasteiger charge is 2.32. The van der Waals surface area contributed by atoms with E-state index < -0.39 is 0 Å². The summed E-state index contributed by atoms with van der Waals surface area (Å²) in [6.45, 7) is 14.9. The van der Waals surface area contributed by atoms with E-state index in [-0.39, 0.29) is 0 Å². The average molecular weight is 618 g/mol. The van der Waals surface area contributed by atoms with E-state index in [0.29, 0.717) is 83.7 Å². The molecule has 2 aliphatic rings. The standard InChI is InChI=1S/C41H51N3O2/c1-28(2)38-22-16-30(5)24-40(38)45-26-36-14-8-12-34(43-36)20-18-32-10-7-11-33(42-32)19-21-35-13-9-15-37(44-35)27-46-41-25-31(6)17-23-39(41)29(3)4/h7-15,28-31,38-41H,16-17,22-27H2,1-6H3. The third-order valence-corrected chi connectivity index (χ3v) is 9.81. The first-order chi connectivity index (χ1) is 22.2. The van der Waals surface area contributed by atoms with Crippen LogP contribution in [-0.4, -0.2) is 27.2 Å². The van der Waals surface area contributed by atoms with Crippen LogP contribution in [0.3, 0.4) is 0 Å². The van der Waals surface area contributed by atoms with Gasteiger partial charge in [-0.2, -0.15) is 0 Å². The highest BCUT2D eigenvalue weighted by molar-refractivity contribution is 5.41. The van der Waals surface area contributed by atoms with Gasteiger partial charge >= 0.3 is 0 Å². The third-order valence-electron chi connectivity index (χ3n) is 9.81. The molecular formula is C41H51N3O2. The topological polar surface area (TPSA) is 57.1 Å². The molecule has 2 aliphatic carbocycles. The summed E-state index contributed by atoms with van der Waals surface area (Å²) in [5, 5.41) is 0. The Morgan fingerprint density at radius 1 is 0.565 bits per heavy atom. The summed E-state index contributed by atoms with van der Waals surface area (Å²) in [4.78, 5) is 14.2. The van der Waals surface area contributed by atoms with E-state index in [1.807, 2.05) is 54.6 Å². The maximum absolute atomic E-state index is 6.42. The smallest absolute Gasteiger partial charge is 0.115 e. The first-order valence-corrected chi connectivity index (χ1v) is 17.4. The Kier molecular flexibility index (Phi) is 12.0. The van der Waals surface area contributed by atoms with E-state index in [4.69, 9.17) is 19.4 Å². The first kappa shape index (κ1) is 33.8. The molecule has 0 saturated heterocycles. The predicted molar refractivity (Wildman–Crippen MR) is 185 cm³/mol. The van der Waals surface area contributed by atoms with Crippen molar-refractivity contribution in [3.05, 3.63) is 88.8 Å². The van der Waals surface area contributed by atoms with Crippen molar-refractivity contribution >= 4 is 0 Å². The van der Waals surface area contributed by atoms with Crippen molar-refractivity contribution in [2.75, 3.05) is 0 Å². The Morgan fingerprint density at radius 2 is 0.935 bits per heavy atom. The van der Waals surface area contributed by atoms with Gasteiger partial charge in [0.2, 0.25) is 0 Å². The molecule has 0 spiro atoms. The van der Waals surface area contributed by atoms with Crippen LogP contribution in [0.5, 0.6) is 0 Å². The number of nitrogens with zero attached hydrogens (tertiary/aromatic N) is 3. The van der Waals surface area contributed by atoms with Gasteiger partial charge in [-0.05, 0) is 121 Å². The third kappa shape index (κ3) is 9.75. The van der Waals surface area contributed by atoms with Crippen LogP contribution in [-0.2, 0) is 22.7 Å². The molecule has 46 heavy (non-hydrogen) atoms. The van der Waals surface area contributed by atoms with Crippen molar-refractivity contribution in [3.63, 3.8) is 0 Å². The Labute approximate surface area is 277 Å². The molecule has 3 aromatic heterocycles. The fraction of sp³-hybridized carbons (Fsp3) is 0.537. The molecule has 242 valence electrons. The van der Waals surface area contributed by atoms with E-state index in [1.165, 1.54) is 25.7 Å². The number of aromatic nitrogens is 3. The molecule has 5 nitrogen and oxygen atoms in total. The maximum atomic E-state index is 6.42. The maximum Gasteiger partial charge on any atom is 0.115 e. The summed E-state index contributed by atoms with van der Waals surface area (Å²) in [5.74, 6) is 16.6. The van der Waals surface area contributed by atoms with E-state index in [9.17, 15) is 0 Å². The van der Waals surface area contributed by atoms with Gasteiger partial charge in [0.05, 0.1) is 36.8 Å². The summed E-state index contributed by atoms with van der Waals surface area (Å²) in [6, 6.07) is 17.6. The van der Waals surface area contributed by atoms with Crippen molar-refractivity contribution in [3.8, 4) is 23.7 Å². The van der Waals surface area contributed by atoms with E-state index >= 15 is 0 Å². The van der Waals surface area contributed by atoms with Crippen molar-refractivity contribution in [2.24, 2.45) is 35.5 Å². The SMILES string of the molecule is CC1CCC(C(C)C)C(OCc2cccc(C#Cc3cccc(C#Cc4cccc(COC5CC(C)CCC5C(C)C)n4)n3)n2)C1. The average Bonchev–Trinajstić information content (AvgIpc) is 3.05. The van der Waals surface area contributed by atoms with E-state index in [2.05, 4.69) is 70.2 Å². The molecule has 6 unspecified atom stereocenters. The molecule has 0 amide bonds. The summed E-state index contributed by atoms with van der Waals surface area (Å²) in [5.41, 5.74) is 4.55. The molecule has 0 bridgehead atoms. The lowest BCUT2D eigenvalue weighted by Gasteiger charge is -2.37. The Hall–Kier alpha value is -3.51. The molecule has 3 heterocycles. The van der Waals surface area contributed by atoms with E-state index in [0.717, 1.165) is 24.2 Å². The molecule has 3 aromatic rings. The number of pyridine rings is 3. The molecule has 6 atom stereocenters. The zero-order chi connectivity index (χ0) is 32.5. The molecule has 0 aromatic carbocycles. The van der Waals surface area contributed by atoms with Crippen molar-refractivity contribution in [1.29, 1.82) is 0 Å². The molecule has 0 radical (unpaired) electrons. The highest BCUT2D eigenvalue weighted by Crippen LogP contribution is 2.36. The van der Waals surface area contributed by atoms with Gasteiger partial charge in [-0.3, -0.25) is 0 Å². The lowest BCUT2D eigenvalue weighted by Crippen LogP contribution is -2.34. The minimum Gasteiger partial charge on any atom is -0.372 e. The van der Waals surface area contributed by atoms with Gasteiger partial charge in [-0.1, -0.05) is 72.6 Å². The summed E-state index contributed by atoms with van der Waals surface area (Å²) in [7, 11) is 0.